The van der Waals surface area contributed by atoms with Gasteiger partial charge >= 0.3 is 5.97 Å². The van der Waals surface area contributed by atoms with Crippen molar-refractivity contribution in [1.82, 2.24) is 0 Å². The Balaban J connectivity index is 1.88. The monoisotopic (exact) mass is 539 g/mol. The van der Waals surface area contributed by atoms with Gasteiger partial charge in [-0.3, -0.25) is 14.5 Å². The van der Waals surface area contributed by atoms with Gasteiger partial charge in [0, 0.05) is 11.3 Å². The first-order valence-corrected chi connectivity index (χ1v) is 12.2. The summed E-state index contributed by atoms with van der Waals surface area (Å²) >= 11 is 12.5. The Hall–Kier alpha value is -3.81. The number of benzene rings is 3. The van der Waals surface area contributed by atoms with Gasteiger partial charge in [0.25, 0.3) is 11.7 Å². The molecule has 1 saturated heterocycles. The standard InChI is InChI=1S/C28H23Cl2NO6/c1-3-12-37-28(35)17-10-7-11-19(13-17)31-23(16-8-5-4-6-9-16)22(25(33)27(31)34)24(32)18-14-20(29)26(36-2)21(30)15-18/h4-11,13-15,23,32H,3,12H2,1-2H3/b24-22+. The van der Waals surface area contributed by atoms with Crippen LogP contribution in [0.3, 0.4) is 0 Å². The number of nitrogens with zero attached hydrogens (tertiary/aromatic N) is 1. The number of hydrogen-bond donors (Lipinski definition) is 1. The summed E-state index contributed by atoms with van der Waals surface area (Å²) in [7, 11) is 1.40. The first-order valence-electron chi connectivity index (χ1n) is 11.4. The summed E-state index contributed by atoms with van der Waals surface area (Å²) < 4.78 is 10.4. The molecule has 1 N–H and O–H groups in total. The minimum atomic E-state index is -0.984. The van der Waals surface area contributed by atoms with E-state index in [0.717, 1.165) is 0 Å². The van der Waals surface area contributed by atoms with Crippen LogP contribution in [0.4, 0.5) is 5.69 Å². The molecule has 1 atom stereocenters. The largest absolute Gasteiger partial charge is 0.507 e. The van der Waals surface area contributed by atoms with E-state index in [0.29, 0.717) is 17.7 Å². The van der Waals surface area contributed by atoms with Gasteiger partial charge in [-0.05, 0) is 42.3 Å². The number of Topliss-reactive ketones (excluding diaryl/α,β-unsaturated/α-hetero) is 1. The third-order valence-electron chi connectivity index (χ3n) is 5.83. The van der Waals surface area contributed by atoms with E-state index in [4.69, 9.17) is 32.7 Å². The lowest BCUT2D eigenvalue weighted by atomic mass is 9.95. The Morgan fingerprint density at radius 2 is 1.65 bits per heavy atom. The lowest BCUT2D eigenvalue weighted by molar-refractivity contribution is -0.132. The van der Waals surface area contributed by atoms with Crippen LogP contribution in [0.15, 0.2) is 72.3 Å². The molecule has 1 unspecified atom stereocenters. The second kappa shape index (κ2) is 11.1. The van der Waals surface area contributed by atoms with Crippen molar-refractivity contribution in [2.75, 3.05) is 18.6 Å². The van der Waals surface area contributed by atoms with Crippen LogP contribution in [0.1, 0.15) is 40.9 Å². The fourth-order valence-electron chi connectivity index (χ4n) is 4.16. The van der Waals surface area contributed by atoms with Crippen LogP contribution in [0.25, 0.3) is 5.76 Å². The Morgan fingerprint density at radius 3 is 2.27 bits per heavy atom. The molecule has 0 radical (unpaired) electrons. The normalized spacial score (nSPS) is 16.6. The van der Waals surface area contributed by atoms with Gasteiger partial charge < -0.3 is 14.6 Å². The molecule has 1 fully saturated rings. The van der Waals surface area contributed by atoms with E-state index >= 15 is 0 Å². The topological polar surface area (TPSA) is 93.1 Å². The number of ketones is 1. The van der Waals surface area contributed by atoms with Crippen LogP contribution >= 0.6 is 23.2 Å². The first kappa shape index (κ1) is 26.3. The van der Waals surface area contributed by atoms with Gasteiger partial charge in [0.05, 0.1) is 40.9 Å². The number of halogens is 2. The van der Waals surface area contributed by atoms with E-state index in [1.54, 1.807) is 48.5 Å². The molecule has 1 aliphatic rings. The molecule has 0 spiro atoms. The van der Waals surface area contributed by atoms with E-state index in [1.807, 2.05) is 6.92 Å². The maximum atomic E-state index is 13.4. The van der Waals surface area contributed by atoms with Crippen molar-refractivity contribution in [1.29, 1.82) is 0 Å². The zero-order valence-electron chi connectivity index (χ0n) is 20.0. The van der Waals surface area contributed by atoms with E-state index in [-0.39, 0.29) is 39.1 Å². The molecule has 0 saturated carbocycles. The fourth-order valence-corrected chi connectivity index (χ4v) is 4.80. The molecular weight excluding hydrogens is 517 g/mol. The van der Waals surface area contributed by atoms with Crippen LogP contribution in [0.5, 0.6) is 5.75 Å². The number of aliphatic hydroxyl groups excluding tert-OH is 1. The highest BCUT2D eigenvalue weighted by Gasteiger charge is 2.47. The van der Waals surface area contributed by atoms with Gasteiger partial charge in [-0.2, -0.15) is 0 Å². The summed E-state index contributed by atoms with van der Waals surface area (Å²) in [5.74, 6) is -2.53. The zero-order chi connectivity index (χ0) is 26.7. The van der Waals surface area contributed by atoms with Crippen molar-refractivity contribution in [3.8, 4) is 5.75 Å². The van der Waals surface area contributed by atoms with Crippen molar-refractivity contribution in [2.45, 2.75) is 19.4 Å². The average Bonchev–Trinajstić information content (AvgIpc) is 3.17. The molecule has 0 aromatic heterocycles. The predicted octanol–water partition coefficient (Wildman–Crippen LogP) is 6.20. The van der Waals surface area contributed by atoms with Crippen molar-refractivity contribution in [2.24, 2.45) is 0 Å². The van der Waals surface area contributed by atoms with Gasteiger partial charge in [0.15, 0.2) is 5.75 Å². The predicted molar refractivity (Wildman–Crippen MR) is 141 cm³/mol. The number of aliphatic hydroxyl groups is 1. The smallest absolute Gasteiger partial charge is 0.338 e. The van der Waals surface area contributed by atoms with E-state index in [9.17, 15) is 19.5 Å². The molecule has 190 valence electrons. The molecule has 7 nitrogen and oxygen atoms in total. The molecular formula is C28H23Cl2NO6. The van der Waals surface area contributed by atoms with Crippen LogP contribution < -0.4 is 9.64 Å². The number of esters is 1. The van der Waals surface area contributed by atoms with Crippen molar-refractivity contribution in [3.63, 3.8) is 0 Å². The number of ether oxygens (including phenoxy) is 2. The quantitative estimate of drug-likeness (QED) is 0.166. The second-order valence-electron chi connectivity index (χ2n) is 8.24. The van der Waals surface area contributed by atoms with Gasteiger partial charge in [-0.1, -0.05) is 66.5 Å². The Labute approximate surface area is 223 Å². The summed E-state index contributed by atoms with van der Waals surface area (Å²) in [4.78, 5) is 40.4. The number of carbonyl (C=O) groups is 3. The third-order valence-corrected chi connectivity index (χ3v) is 6.39. The third kappa shape index (κ3) is 5.05. The van der Waals surface area contributed by atoms with Crippen molar-refractivity contribution in [3.05, 3.63) is 99.0 Å². The highest BCUT2D eigenvalue weighted by Crippen LogP contribution is 2.43. The number of anilines is 1. The highest BCUT2D eigenvalue weighted by atomic mass is 35.5. The maximum absolute atomic E-state index is 13.4. The minimum absolute atomic E-state index is 0.125. The van der Waals surface area contributed by atoms with Gasteiger partial charge in [-0.25, -0.2) is 4.79 Å². The van der Waals surface area contributed by atoms with Gasteiger partial charge in [0.1, 0.15) is 5.76 Å². The Bertz CT molecular complexity index is 1380. The molecule has 9 heteroatoms. The molecule has 4 rings (SSSR count). The van der Waals surface area contributed by atoms with Crippen LogP contribution in [0, 0.1) is 0 Å². The van der Waals surface area contributed by atoms with Crippen LogP contribution in [-0.2, 0) is 14.3 Å². The number of amides is 1. The molecule has 3 aromatic carbocycles. The molecule has 3 aromatic rings. The minimum Gasteiger partial charge on any atom is -0.507 e. The summed E-state index contributed by atoms with van der Waals surface area (Å²) in [6, 6.07) is 16.9. The highest BCUT2D eigenvalue weighted by molar-refractivity contribution is 6.51. The Kier molecular flexibility index (Phi) is 7.86. The number of rotatable bonds is 7. The maximum Gasteiger partial charge on any atom is 0.338 e. The summed E-state index contributed by atoms with van der Waals surface area (Å²) in [6.07, 6.45) is 0.660. The Morgan fingerprint density at radius 1 is 0.973 bits per heavy atom. The van der Waals surface area contributed by atoms with E-state index < -0.39 is 29.5 Å². The van der Waals surface area contributed by atoms with E-state index in [1.165, 1.54) is 30.2 Å². The lowest BCUT2D eigenvalue weighted by Gasteiger charge is -2.25. The lowest BCUT2D eigenvalue weighted by Crippen LogP contribution is -2.29. The van der Waals surface area contributed by atoms with Crippen LogP contribution in [-0.4, -0.2) is 36.5 Å². The molecule has 1 heterocycles. The number of hydrogen-bond acceptors (Lipinski definition) is 6. The summed E-state index contributed by atoms with van der Waals surface area (Å²) in [6.45, 7) is 2.14. The SMILES string of the molecule is CCCOC(=O)c1cccc(N2C(=O)C(=O)/C(=C(/O)c3cc(Cl)c(OC)c(Cl)c3)C2c2ccccc2)c1. The first-order chi connectivity index (χ1) is 17.8. The van der Waals surface area contributed by atoms with Crippen LogP contribution in [0.2, 0.25) is 10.0 Å². The molecule has 0 aliphatic carbocycles. The van der Waals surface area contributed by atoms with Gasteiger partial charge in [0.2, 0.25) is 0 Å². The summed E-state index contributed by atoms with van der Waals surface area (Å²) in [5, 5.41) is 11.6. The zero-order valence-corrected chi connectivity index (χ0v) is 21.5. The molecule has 37 heavy (non-hydrogen) atoms. The second-order valence-corrected chi connectivity index (χ2v) is 9.05. The average molecular weight is 540 g/mol. The number of carbonyl (C=O) groups excluding carboxylic acids is 3. The van der Waals surface area contributed by atoms with Gasteiger partial charge in [-0.15, -0.1) is 0 Å². The number of methoxy groups -OCH3 is 1. The summed E-state index contributed by atoms with van der Waals surface area (Å²) in [5.41, 5.74) is 1.10. The van der Waals surface area contributed by atoms with E-state index in [2.05, 4.69) is 0 Å². The fraction of sp³-hybridized carbons (Fsp3) is 0.179. The molecule has 1 amide bonds. The van der Waals surface area contributed by atoms with Crippen molar-refractivity contribution < 1.29 is 29.0 Å². The van der Waals surface area contributed by atoms with Crippen molar-refractivity contribution >= 4 is 52.3 Å². The molecule has 1 aliphatic heterocycles. The molecule has 0 bridgehead atoms.